The van der Waals surface area contributed by atoms with Gasteiger partial charge < -0.3 is 19.1 Å². The van der Waals surface area contributed by atoms with E-state index in [1.807, 2.05) is 0 Å². The van der Waals surface area contributed by atoms with Crippen LogP contribution in [0.3, 0.4) is 0 Å². The average Bonchev–Trinajstić information content (AvgIpc) is 3.21. The molecular weight excluding hydrogens is 723 g/mol. The zero-order valence-electron chi connectivity index (χ0n) is 39.4. The average molecular weight is 818 g/mol. The first-order valence-corrected chi connectivity index (χ1v) is 24.7. The fraction of sp³-hybridized carbons (Fsp3) is 0.863. The van der Waals surface area contributed by atoms with Gasteiger partial charge >= 0.3 is 17.9 Å². The highest BCUT2D eigenvalue weighted by Crippen LogP contribution is 2.19. The number of hydrogen-bond donors (Lipinski definition) is 0. The molecule has 0 aromatic carbocycles. The van der Waals surface area contributed by atoms with E-state index >= 15 is 0 Å². The molecule has 0 aliphatic carbocycles. The minimum atomic E-state index is -0.0423. The normalized spacial score (nSPS) is 12.5. The Morgan fingerprint density at radius 2 is 0.810 bits per heavy atom. The molecule has 0 heterocycles. The molecule has 0 aromatic heterocycles. The second-order valence-corrected chi connectivity index (χ2v) is 17.4. The minimum Gasteiger partial charge on any atom is -0.465 e. The Bertz CT molecular complexity index is 939. The van der Waals surface area contributed by atoms with E-state index < -0.39 is 0 Å². The van der Waals surface area contributed by atoms with Gasteiger partial charge in [-0.05, 0) is 136 Å². The van der Waals surface area contributed by atoms with Gasteiger partial charge in [0.15, 0.2) is 0 Å². The van der Waals surface area contributed by atoms with E-state index in [1.54, 1.807) is 0 Å². The number of hydrogen-bond acceptors (Lipinski definition) is 7. The summed E-state index contributed by atoms with van der Waals surface area (Å²) in [6.07, 6.45) is 41.0. The van der Waals surface area contributed by atoms with Crippen molar-refractivity contribution in [1.82, 2.24) is 4.90 Å². The van der Waals surface area contributed by atoms with Crippen LogP contribution < -0.4 is 0 Å². The maximum absolute atomic E-state index is 12.8. The van der Waals surface area contributed by atoms with Gasteiger partial charge in [0.25, 0.3) is 0 Å². The smallest absolute Gasteiger partial charge is 0.306 e. The van der Waals surface area contributed by atoms with Crippen molar-refractivity contribution in [3.05, 3.63) is 24.3 Å². The predicted molar refractivity (Wildman–Crippen MR) is 246 cm³/mol. The van der Waals surface area contributed by atoms with Crippen LogP contribution in [0.2, 0.25) is 0 Å². The van der Waals surface area contributed by atoms with E-state index in [-0.39, 0.29) is 24.0 Å². The van der Waals surface area contributed by atoms with Gasteiger partial charge in [-0.1, -0.05) is 129 Å². The summed E-state index contributed by atoms with van der Waals surface area (Å²) in [5.74, 6) is 0.890. The van der Waals surface area contributed by atoms with Crippen molar-refractivity contribution in [1.29, 1.82) is 0 Å². The molecule has 0 saturated carbocycles. The van der Waals surface area contributed by atoms with Gasteiger partial charge in [-0.25, -0.2) is 0 Å². The molecule has 0 aliphatic rings. The lowest BCUT2D eigenvalue weighted by atomic mass is 10.0. The van der Waals surface area contributed by atoms with Gasteiger partial charge in [0.1, 0.15) is 6.10 Å². The number of carbonyl (C=O) groups is 3. The van der Waals surface area contributed by atoms with Crippen LogP contribution in [-0.4, -0.2) is 61.8 Å². The number of rotatable bonds is 42. The topological polar surface area (TPSA) is 82.1 Å². The van der Waals surface area contributed by atoms with Gasteiger partial charge in [0.05, 0.1) is 13.2 Å². The zero-order chi connectivity index (χ0) is 42.9. The summed E-state index contributed by atoms with van der Waals surface area (Å²) in [6.45, 7) is 15.1. The van der Waals surface area contributed by atoms with Gasteiger partial charge in [-0.15, -0.1) is 0 Å². The summed E-state index contributed by atoms with van der Waals surface area (Å²) in [7, 11) is 2.12. The molecule has 0 atom stereocenters. The summed E-state index contributed by atoms with van der Waals surface area (Å²) in [5, 5.41) is 0. The molecule has 0 spiro atoms. The summed E-state index contributed by atoms with van der Waals surface area (Å²) >= 11 is 0. The molecule has 0 N–H and O–H groups in total. The van der Waals surface area contributed by atoms with Crippen molar-refractivity contribution in [2.24, 2.45) is 11.8 Å². The third kappa shape index (κ3) is 36.9. The first kappa shape index (κ1) is 55.9. The highest BCUT2D eigenvalue weighted by molar-refractivity contribution is 5.70. The van der Waals surface area contributed by atoms with Crippen molar-refractivity contribution >= 4 is 17.9 Å². The van der Waals surface area contributed by atoms with Crippen LogP contribution in [0, 0.1) is 11.8 Å². The number of nitrogens with zero attached hydrogens (tertiary/aromatic N) is 1. The summed E-state index contributed by atoms with van der Waals surface area (Å²) in [6, 6.07) is 0.490. The molecule has 0 radical (unpaired) electrons. The van der Waals surface area contributed by atoms with E-state index in [2.05, 4.69) is 77.8 Å². The quantitative estimate of drug-likeness (QED) is 0.0263. The van der Waals surface area contributed by atoms with Crippen LogP contribution in [-0.2, 0) is 28.6 Å². The summed E-state index contributed by atoms with van der Waals surface area (Å²) in [5.41, 5.74) is 0. The first-order valence-electron chi connectivity index (χ1n) is 24.7. The Balaban J connectivity index is 4.13. The third-order valence-electron chi connectivity index (χ3n) is 12.0. The number of ether oxygens (including phenoxy) is 3. The minimum absolute atomic E-state index is 0.0201. The van der Waals surface area contributed by atoms with Crippen LogP contribution in [0.25, 0.3) is 0 Å². The molecule has 0 amide bonds. The van der Waals surface area contributed by atoms with E-state index in [4.69, 9.17) is 14.2 Å². The van der Waals surface area contributed by atoms with Crippen LogP contribution in [0.4, 0.5) is 0 Å². The molecule has 0 aromatic rings. The highest BCUT2D eigenvalue weighted by atomic mass is 16.5. The molecule has 340 valence electrons. The molecule has 58 heavy (non-hydrogen) atoms. The van der Waals surface area contributed by atoms with Crippen molar-refractivity contribution in [2.45, 2.75) is 246 Å². The lowest BCUT2D eigenvalue weighted by Gasteiger charge is -2.21. The molecule has 0 bridgehead atoms. The first-order chi connectivity index (χ1) is 28.2. The number of carbonyl (C=O) groups excluding carboxylic acids is 3. The van der Waals surface area contributed by atoms with Crippen LogP contribution in [0.1, 0.15) is 234 Å². The zero-order valence-corrected chi connectivity index (χ0v) is 39.4. The van der Waals surface area contributed by atoms with Gasteiger partial charge in [0.2, 0.25) is 0 Å². The van der Waals surface area contributed by atoms with Gasteiger partial charge in [0, 0.05) is 25.3 Å². The second-order valence-electron chi connectivity index (χ2n) is 17.4. The summed E-state index contributed by atoms with van der Waals surface area (Å²) < 4.78 is 16.9. The Morgan fingerprint density at radius 3 is 1.19 bits per heavy atom. The predicted octanol–water partition coefficient (Wildman–Crippen LogP) is 14.5. The molecule has 7 heteroatoms. The molecule has 0 aliphatic heterocycles. The Kier molecular flexibility index (Phi) is 40.0. The van der Waals surface area contributed by atoms with Gasteiger partial charge in [-0.3, -0.25) is 14.4 Å². The molecule has 0 saturated heterocycles. The SMILES string of the molecule is CCC(CC)COC(=O)CCCCC=CCCCCCCCCC(CCCCCCCCC=CCCCCC(=O)OCC(CC)CC)OC(=O)CCCN(C)C(C)C. The lowest BCUT2D eigenvalue weighted by molar-refractivity contribution is -0.150. The standard InChI is InChI=1S/C51H95NO6/c1-8-46(9-2)43-56-49(53)39-34-30-26-22-18-14-12-16-20-24-28-32-37-48(58-51(55)41-36-42-52(7)45(5)6)38-33-29-25-21-17-13-15-19-23-27-31-35-40-50(54)57-44-47(10-3)11-4/h18-19,22-23,45-48H,8-17,20-21,24-44H2,1-7H3. The van der Waals surface area contributed by atoms with Crippen molar-refractivity contribution in [3.8, 4) is 0 Å². The van der Waals surface area contributed by atoms with Crippen LogP contribution in [0.15, 0.2) is 24.3 Å². The largest absolute Gasteiger partial charge is 0.465 e. The Labute approximate surface area is 359 Å². The van der Waals surface area contributed by atoms with Crippen molar-refractivity contribution < 1.29 is 28.6 Å². The summed E-state index contributed by atoms with van der Waals surface area (Å²) in [4.78, 5) is 38.9. The van der Waals surface area contributed by atoms with E-state index in [0.717, 1.165) is 116 Å². The fourth-order valence-electron chi connectivity index (χ4n) is 7.07. The monoisotopic (exact) mass is 818 g/mol. The fourth-order valence-corrected chi connectivity index (χ4v) is 7.07. The second kappa shape index (κ2) is 41.6. The van der Waals surface area contributed by atoms with Gasteiger partial charge in [-0.2, -0.15) is 0 Å². The molecule has 0 unspecified atom stereocenters. The van der Waals surface area contributed by atoms with Crippen molar-refractivity contribution in [3.63, 3.8) is 0 Å². The number of allylic oxidation sites excluding steroid dienone is 4. The van der Waals surface area contributed by atoms with Crippen LogP contribution in [0.5, 0.6) is 0 Å². The Morgan fingerprint density at radius 1 is 0.466 bits per heavy atom. The molecule has 0 rings (SSSR count). The van der Waals surface area contributed by atoms with Crippen LogP contribution >= 0.6 is 0 Å². The van der Waals surface area contributed by atoms with E-state index in [1.165, 1.54) is 64.2 Å². The van der Waals surface area contributed by atoms with E-state index in [9.17, 15) is 14.4 Å². The van der Waals surface area contributed by atoms with E-state index in [0.29, 0.717) is 50.4 Å². The molecule has 0 fully saturated rings. The molecular formula is C51H95NO6. The van der Waals surface area contributed by atoms with Crippen molar-refractivity contribution in [2.75, 3.05) is 26.8 Å². The lowest BCUT2D eigenvalue weighted by Crippen LogP contribution is -2.28. The highest BCUT2D eigenvalue weighted by Gasteiger charge is 2.15. The number of esters is 3. The maximum atomic E-state index is 12.8. The number of unbranched alkanes of at least 4 members (excludes halogenated alkanes) is 16. The molecule has 7 nitrogen and oxygen atoms in total. The Hall–Kier alpha value is -2.15. The third-order valence-corrected chi connectivity index (χ3v) is 12.0. The maximum Gasteiger partial charge on any atom is 0.306 e.